The summed E-state index contributed by atoms with van der Waals surface area (Å²) < 4.78 is 0. The first kappa shape index (κ1) is 9.49. The van der Waals surface area contributed by atoms with Crippen LogP contribution in [0.25, 0.3) is 0 Å². The summed E-state index contributed by atoms with van der Waals surface area (Å²) in [5, 5.41) is 18.5. The molecule has 0 saturated heterocycles. The van der Waals surface area contributed by atoms with E-state index in [2.05, 4.69) is 0 Å². The highest BCUT2D eigenvalue weighted by atomic mass is 16.3. The van der Waals surface area contributed by atoms with Gasteiger partial charge in [0.15, 0.2) is 0 Å². The molecule has 0 bridgehead atoms. The molecule has 0 aromatic rings. The van der Waals surface area contributed by atoms with E-state index in [0.29, 0.717) is 0 Å². The maximum Gasteiger partial charge on any atom is 0.0864 e. The first-order valence-corrected chi connectivity index (χ1v) is 4.24. The minimum atomic E-state index is -0.654. The molecule has 2 atom stereocenters. The SMILES string of the molecule is CC1=CC=CCC1(C)C(O)CO. The summed E-state index contributed by atoms with van der Waals surface area (Å²) in [7, 11) is 0. The molecule has 0 aliphatic heterocycles. The minimum Gasteiger partial charge on any atom is -0.394 e. The van der Waals surface area contributed by atoms with Gasteiger partial charge in [0.25, 0.3) is 0 Å². The van der Waals surface area contributed by atoms with Crippen LogP contribution in [0.2, 0.25) is 0 Å². The van der Waals surface area contributed by atoms with Crippen molar-refractivity contribution in [1.82, 2.24) is 0 Å². The molecule has 1 rings (SSSR count). The molecule has 2 N–H and O–H groups in total. The Kier molecular flexibility index (Phi) is 2.70. The summed E-state index contributed by atoms with van der Waals surface area (Å²) in [5.74, 6) is 0. The average molecular weight is 168 g/mol. The van der Waals surface area contributed by atoms with Gasteiger partial charge in [0.05, 0.1) is 12.7 Å². The lowest BCUT2D eigenvalue weighted by molar-refractivity contribution is 0.0138. The zero-order valence-electron chi connectivity index (χ0n) is 7.62. The molecule has 0 aromatic carbocycles. The summed E-state index contributed by atoms with van der Waals surface area (Å²) in [6, 6.07) is 0. The standard InChI is InChI=1S/C10H16O2/c1-8-5-3-4-6-10(8,2)9(12)7-11/h3-5,9,11-12H,6-7H2,1-2H3. The predicted molar refractivity (Wildman–Crippen MR) is 48.7 cm³/mol. The summed E-state index contributed by atoms with van der Waals surface area (Å²) in [4.78, 5) is 0. The van der Waals surface area contributed by atoms with Crippen molar-refractivity contribution in [2.75, 3.05) is 6.61 Å². The van der Waals surface area contributed by atoms with E-state index in [9.17, 15) is 5.11 Å². The van der Waals surface area contributed by atoms with Crippen LogP contribution in [0.3, 0.4) is 0 Å². The van der Waals surface area contributed by atoms with Gasteiger partial charge in [-0.3, -0.25) is 0 Å². The lowest BCUT2D eigenvalue weighted by Crippen LogP contribution is -2.36. The maximum atomic E-state index is 9.59. The molecule has 0 fully saturated rings. The van der Waals surface area contributed by atoms with E-state index in [1.807, 2.05) is 32.1 Å². The molecule has 0 heterocycles. The highest BCUT2D eigenvalue weighted by Gasteiger charge is 2.33. The maximum absolute atomic E-state index is 9.59. The Bertz CT molecular complexity index is 218. The molecule has 2 heteroatoms. The second-order valence-electron chi connectivity index (χ2n) is 3.60. The topological polar surface area (TPSA) is 40.5 Å². The first-order valence-electron chi connectivity index (χ1n) is 4.24. The lowest BCUT2D eigenvalue weighted by atomic mass is 9.73. The zero-order valence-corrected chi connectivity index (χ0v) is 7.62. The number of allylic oxidation sites excluding steroid dienone is 3. The van der Waals surface area contributed by atoms with Crippen LogP contribution in [0.4, 0.5) is 0 Å². The van der Waals surface area contributed by atoms with Crippen LogP contribution in [0.15, 0.2) is 23.8 Å². The highest BCUT2D eigenvalue weighted by Crippen LogP contribution is 2.37. The van der Waals surface area contributed by atoms with E-state index in [1.54, 1.807) is 0 Å². The smallest absolute Gasteiger partial charge is 0.0864 e. The van der Waals surface area contributed by atoms with E-state index < -0.39 is 6.10 Å². The molecule has 0 saturated carbocycles. The Balaban J connectivity index is 2.84. The average Bonchev–Trinajstić information content (AvgIpc) is 2.09. The Morgan fingerprint density at radius 1 is 1.67 bits per heavy atom. The number of rotatable bonds is 2. The summed E-state index contributed by atoms with van der Waals surface area (Å²) in [5.41, 5.74) is 0.857. The van der Waals surface area contributed by atoms with Crippen molar-refractivity contribution in [2.24, 2.45) is 5.41 Å². The molecule has 1 aliphatic carbocycles. The van der Waals surface area contributed by atoms with Gasteiger partial charge in [0, 0.05) is 5.41 Å². The fourth-order valence-electron chi connectivity index (χ4n) is 1.48. The van der Waals surface area contributed by atoms with Crippen LogP contribution in [-0.2, 0) is 0 Å². The van der Waals surface area contributed by atoms with Gasteiger partial charge in [-0.2, -0.15) is 0 Å². The third kappa shape index (κ3) is 1.45. The lowest BCUT2D eigenvalue weighted by Gasteiger charge is -2.35. The van der Waals surface area contributed by atoms with Crippen molar-refractivity contribution in [3.8, 4) is 0 Å². The third-order valence-corrected chi connectivity index (χ3v) is 2.83. The van der Waals surface area contributed by atoms with E-state index >= 15 is 0 Å². The van der Waals surface area contributed by atoms with Gasteiger partial charge in [-0.05, 0) is 13.3 Å². The molecule has 68 valence electrons. The number of hydrogen-bond acceptors (Lipinski definition) is 2. The van der Waals surface area contributed by atoms with Crippen LogP contribution in [0.1, 0.15) is 20.3 Å². The fourth-order valence-corrected chi connectivity index (χ4v) is 1.48. The van der Waals surface area contributed by atoms with Crippen molar-refractivity contribution >= 4 is 0 Å². The summed E-state index contributed by atoms with van der Waals surface area (Å²) >= 11 is 0. The van der Waals surface area contributed by atoms with E-state index in [-0.39, 0.29) is 12.0 Å². The van der Waals surface area contributed by atoms with Crippen molar-refractivity contribution in [3.05, 3.63) is 23.8 Å². The van der Waals surface area contributed by atoms with Crippen molar-refractivity contribution in [3.63, 3.8) is 0 Å². The van der Waals surface area contributed by atoms with Gasteiger partial charge in [-0.1, -0.05) is 30.7 Å². The third-order valence-electron chi connectivity index (χ3n) is 2.83. The second-order valence-corrected chi connectivity index (χ2v) is 3.60. The van der Waals surface area contributed by atoms with Gasteiger partial charge in [0.1, 0.15) is 0 Å². The van der Waals surface area contributed by atoms with Gasteiger partial charge >= 0.3 is 0 Å². The van der Waals surface area contributed by atoms with Gasteiger partial charge in [0.2, 0.25) is 0 Å². The second kappa shape index (κ2) is 3.42. The largest absolute Gasteiger partial charge is 0.394 e. The Labute approximate surface area is 73.2 Å². The molecule has 2 nitrogen and oxygen atoms in total. The van der Waals surface area contributed by atoms with Crippen LogP contribution >= 0.6 is 0 Å². The van der Waals surface area contributed by atoms with Crippen molar-refractivity contribution < 1.29 is 10.2 Å². The van der Waals surface area contributed by atoms with E-state index in [1.165, 1.54) is 0 Å². The number of aliphatic hydroxyl groups is 2. The van der Waals surface area contributed by atoms with Crippen molar-refractivity contribution in [1.29, 1.82) is 0 Å². The van der Waals surface area contributed by atoms with E-state index in [0.717, 1.165) is 12.0 Å². The predicted octanol–water partition coefficient (Wildman–Crippen LogP) is 1.25. The molecular formula is C10H16O2. The normalized spacial score (nSPS) is 31.5. The van der Waals surface area contributed by atoms with Gasteiger partial charge in [-0.25, -0.2) is 0 Å². The van der Waals surface area contributed by atoms with Gasteiger partial charge in [-0.15, -0.1) is 0 Å². The number of aliphatic hydroxyl groups excluding tert-OH is 2. The van der Waals surface area contributed by atoms with Crippen LogP contribution in [0, 0.1) is 5.41 Å². The molecule has 0 spiro atoms. The van der Waals surface area contributed by atoms with Crippen molar-refractivity contribution in [2.45, 2.75) is 26.4 Å². The highest BCUT2D eigenvalue weighted by molar-refractivity contribution is 5.25. The Morgan fingerprint density at radius 3 is 2.83 bits per heavy atom. The molecule has 0 amide bonds. The molecule has 12 heavy (non-hydrogen) atoms. The molecular weight excluding hydrogens is 152 g/mol. The number of hydrogen-bond donors (Lipinski definition) is 2. The Hall–Kier alpha value is -0.600. The molecule has 0 radical (unpaired) electrons. The van der Waals surface area contributed by atoms with Crippen LogP contribution < -0.4 is 0 Å². The molecule has 1 aliphatic rings. The Morgan fingerprint density at radius 2 is 2.33 bits per heavy atom. The zero-order chi connectivity index (χ0) is 9.19. The molecule has 2 unspecified atom stereocenters. The van der Waals surface area contributed by atoms with E-state index in [4.69, 9.17) is 5.11 Å². The quantitative estimate of drug-likeness (QED) is 0.651. The summed E-state index contributed by atoms with van der Waals surface area (Å²) in [6.07, 6.45) is 6.14. The van der Waals surface area contributed by atoms with Gasteiger partial charge < -0.3 is 10.2 Å². The van der Waals surface area contributed by atoms with Crippen LogP contribution in [-0.4, -0.2) is 22.9 Å². The minimum absolute atomic E-state index is 0.171. The monoisotopic (exact) mass is 168 g/mol. The van der Waals surface area contributed by atoms with Crippen LogP contribution in [0.5, 0.6) is 0 Å². The fraction of sp³-hybridized carbons (Fsp3) is 0.600. The first-order chi connectivity index (χ1) is 5.61. The summed E-state index contributed by atoms with van der Waals surface area (Å²) in [6.45, 7) is 3.79. The molecule has 0 aromatic heterocycles.